The fourth-order valence-electron chi connectivity index (χ4n) is 2.14. The minimum atomic E-state index is -1.82. The monoisotopic (exact) mass is 296 g/mol. The Morgan fingerprint density at radius 1 is 1.20 bits per heavy atom. The highest BCUT2D eigenvalue weighted by atomic mass is 32.2. The van der Waals surface area contributed by atoms with E-state index >= 15 is 0 Å². The van der Waals surface area contributed by atoms with Crippen molar-refractivity contribution in [3.8, 4) is 0 Å². The van der Waals surface area contributed by atoms with Crippen LogP contribution < -0.4 is 5.46 Å². The summed E-state index contributed by atoms with van der Waals surface area (Å²) >= 11 is -1.82. The molecule has 1 fully saturated rings. The van der Waals surface area contributed by atoms with Crippen LogP contribution in [0.3, 0.4) is 0 Å². The van der Waals surface area contributed by atoms with Crippen LogP contribution >= 0.6 is 0 Å². The molecule has 1 N–H and O–H groups in total. The maximum atomic E-state index is 10.9. The van der Waals surface area contributed by atoms with Gasteiger partial charge in [-0.25, -0.2) is 4.21 Å². The Morgan fingerprint density at radius 3 is 2.20 bits per heavy atom. The predicted octanol–water partition coefficient (Wildman–Crippen LogP) is 2.02. The second kappa shape index (κ2) is 5.26. The summed E-state index contributed by atoms with van der Waals surface area (Å²) in [5, 5.41) is 0. The molecule has 1 atom stereocenters. The lowest BCUT2D eigenvalue weighted by atomic mass is 9.78. The first-order valence-corrected chi connectivity index (χ1v) is 7.92. The van der Waals surface area contributed by atoms with Gasteiger partial charge in [-0.05, 0) is 51.2 Å². The van der Waals surface area contributed by atoms with E-state index in [0.29, 0.717) is 0 Å². The van der Waals surface area contributed by atoms with Crippen LogP contribution in [0.4, 0.5) is 0 Å². The second-order valence-corrected chi connectivity index (χ2v) is 7.17. The van der Waals surface area contributed by atoms with E-state index in [0.717, 1.165) is 16.6 Å². The van der Waals surface area contributed by atoms with Gasteiger partial charge in [0.2, 0.25) is 0 Å². The van der Waals surface area contributed by atoms with E-state index in [-0.39, 0.29) is 17.0 Å². The van der Waals surface area contributed by atoms with E-state index in [1.165, 1.54) is 0 Å². The average Bonchev–Trinajstić information content (AvgIpc) is 2.50. The Balaban J connectivity index is 2.24. The van der Waals surface area contributed by atoms with Gasteiger partial charge in [0.25, 0.3) is 0 Å². The molecule has 0 aliphatic carbocycles. The van der Waals surface area contributed by atoms with Crippen LogP contribution in [0.15, 0.2) is 18.2 Å². The topological polar surface area (TPSA) is 55.8 Å². The van der Waals surface area contributed by atoms with Crippen molar-refractivity contribution in [1.29, 1.82) is 0 Å². The molecule has 1 aliphatic rings. The van der Waals surface area contributed by atoms with Crippen molar-refractivity contribution in [2.45, 2.75) is 51.6 Å². The molecule has 1 aromatic carbocycles. The van der Waals surface area contributed by atoms with Gasteiger partial charge in [-0.15, -0.1) is 0 Å². The summed E-state index contributed by atoms with van der Waals surface area (Å²) < 4.78 is 31.9. The highest BCUT2D eigenvalue weighted by molar-refractivity contribution is 7.78. The third-order valence-corrected chi connectivity index (χ3v) is 4.73. The summed E-state index contributed by atoms with van der Waals surface area (Å²) in [4.78, 5) is 0. The Bertz CT molecular complexity index is 526. The van der Waals surface area contributed by atoms with Gasteiger partial charge in [-0.1, -0.05) is 18.2 Å². The minimum absolute atomic E-state index is 0.148. The first-order chi connectivity index (χ1) is 9.12. The normalized spacial score (nSPS) is 22.0. The SMILES string of the molecule is Cc1cc(B2OC(C)(C)C(C)(C)O2)ccc1CS(=O)O. The molecule has 1 heterocycles. The summed E-state index contributed by atoms with van der Waals surface area (Å²) in [7, 11) is -0.396. The zero-order valence-corrected chi connectivity index (χ0v) is 13.4. The van der Waals surface area contributed by atoms with Crippen LogP contribution in [0.25, 0.3) is 0 Å². The minimum Gasteiger partial charge on any atom is -0.399 e. The molecule has 0 radical (unpaired) electrons. The number of hydrogen-bond acceptors (Lipinski definition) is 3. The number of hydrogen-bond donors (Lipinski definition) is 1. The second-order valence-electron chi connectivity index (χ2n) is 6.24. The number of rotatable bonds is 3. The van der Waals surface area contributed by atoms with Crippen LogP contribution in [0.1, 0.15) is 38.8 Å². The Hall–Kier alpha value is -0.685. The average molecular weight is 296 g/mol. The van der Waals surface area contributed by atoms with Crippen LogP contribution in [0.5, 0.6) is 0 Å². The molecule has 4 nitrogen and oxygen atoms in total. The molecule has 0 bridgehead atoms. The van der Waals surface area contributed by atoms with E-state index in [1.807, 2.05) is 52.8 Å². The summed E-state index contributed by atoms with van der Waals surface area (Å²) in [6.45, 7) is 10.00. The summed E-state index contributed by atoms with van der Waals surface area (Å²) in [6.07, 6.45) is 0. The molecule has 0 spiro atoms. The fraction of sp³-hybridized carbons (Fsp3) is 0.571. The van der Waals surface area contributed by atoms with E-state index in [4.69, 9.17) is 13.9 Å². The molecular formula is C14H21BO4S. The lowest BCUT2D eigenvalue weighted by molar-refractivity contribution is 0.00578. The van der Waals surface area contributed by atoms with Gasteiger partial charge >= 0.3 is 7.12 Å². The van der Waals surface area contributed by atoms with Gasteiger partial charge in [0.05, 0.1) is 17.0 Å². The fourth-order valence-corrected chi connectivity index (χ4v) is 2.73. The van der Waals surface area contributed by atoms with Crippen LogP contribution in [-0.2, 0) is 26.1 Å². The summed E-state index contributed by atoms with van der Waals surface area (Å²) in [5.74, 6) is 0.148. The molecule has 1 aromatic rings. The maximum absolute atomic E-state index is 10.9. The van der Waals surface area contributed by atoms with Crippen molar-refractivity contribution in [2.24, 2.45) is 0 Å². The molecule has 0 amide bonds. The van der Waals surface area contributed by atoms with Gasteiger partial charge in [-0.3, -0.25) is 0 Å². The van der Waals surface area contributed by atoms with Crippen molar-refractivity contribution >= 4 is 23.7 Å². The van der Waals surface area contributed by atoms with E-state index < -0.39 is 18.2 Å². The zero-order valence-electron chi connectivity index (χ0n) is 12.6. The third-order valence-electron chi connectivity index (χ3n) is 4.17. The van der Waals surface area contributed by atoms with Crippen molar-refractivity contribution < 1.29 is 18.1 Å². The third kappa shape index (κ3) is 2.98. The highest BCUT2D eigenvalue weighted by Crippen LogP contribution is 2.36. The van der Waals surface area contributed by atoms with Gasteiger partial charge in [0.15, 0.2) is 11.1 Å². The molecule has 2 rings (SSSR count). The summed E-state index contributed by atoms with van der Waals surface area (Å²) in [5.41, 5.74) is 2.05. The molecule has 20 heavy (non-hydrogen) atoms. The van der Waals surface area contributed by atoms with Crippen molar-refractivity contribution in [3.05, 3.63) is 29.3 Å². The van der Waals surface area contributed by atoms with Gasteiger partial charge in [0, 0.05) is 0 Å². The van der Waals surface area contributed by atoms with Crippen molar-refractivity contribution in [1.82, 2.24) is 0 Å². The molecule has 110 valence electrons. The van der Waals surface area contributed by atoms with Gasteiger partial charge in [0.1, 0.15) is 0 Å². The van der Waals surface area contributed by atoms with E-state index in [1.54, 1.807) is 0 Å². The predicted molar refractivity (Wildman–Crippen MR) is 81.4 cm³/mol. The van der Waals surface area contributed by atoms with E-state index in [9.17, 15) is 4.21 Å². The molecular weight excluding hydrogens is 275 g/mol. The van der Waals surface area contributed by atoms with Crippen LogP contribution in [0, 0.1) is 6.92 Å². The quantitative estimate of drug-likeness (QED) is 0.685. The first-order valence-electron chi connectivity index (χ1n) is 6.65. The molecule has 0 aromatic heterocycles. The van der Waals surface area contributed by atoms with Gasteiger partial charge < -0.3 is 13.9 Å². The Labute approximate surface area is 123 Å². The van der Waals surface area contributed by atoms with Crippen LogP contribution in [0.2, 0.25) is 0 Å². The number of benzene rings is 1. The Morgan fingerprint density at radius 2 is 1.75 bits per heavy atom. The number of aryl methyl sites for hydroxylation is 1. The maximum Gasteiger partial charge on any atom is 0.494 e. The zero-order chi connectivity index (χ0) is 15.1. The first kappa shape index (κ1) is 15.7. The molecule has 1 unspecified atom stereocenters. The molecule has 6 heteroatoms. The standard InChI is InChI=1S/C14H21BO4S/c1-10-8-12(7-6-11(10)9-20(16)17)15-18-13(2,3)14(4,5)19-15/h6-8H,9H2,1-5H3,(H,16,17). The van der Waals surface area contributed by atoms with Crippen LogP contribution in [-0.4, -0.2) is 27.1 Å². The highest BCUT2D eigenvalue weighted by Gasteiger charge is 2.51. The summed E-state index contributed by atoms with van der Waals surface area (Å²) in [6, 6.07) is 5.73. The van der Waals surface area contributed by atoms with Crippen molar-refractivity contribution in [2.75, 3.05) is 0 Å². The molecule has 1 saturated heterocycles. The smallest absolute Gasteiger partial charge is 0.399 e. The largest absolute Gasteiger partial charge is 0.494 e. The lowest BCUT2D eigenvalue weighted by Crippen LogP contribution is -2.41. The van der Waals surface area contributed by atoms with E-state index in [2.05, 4.69) is 0 Å². The lowest BCUT2D eigenvalue weighted by Gasteiger charge is -2.32. The van der Waals surface area contributed by atoms with Crippen molar-refractivity contribution in [3.63, 3.8) is 0 Å². The molecule has 1 aliphatic heterocycles. The molecule has 0 saturated carbocycles. The van der Waals surface area contributed by atoms with Gasteiger partial charge in [-0.2, -0.15) is 0 Å². The Kier molecular flexibility index (Phi) is 4.13.